The van der Waals surface area contributed by atoms with Crippen molar-refractivity contribution in [2.75, 3.05) is 13.7 Å². The Hall–Kier alpha value is -3.80. The summed E-state index contributed by atoms with van der Waals surface area (Å²) in [5.41, 5.74) is 1.91. The van der Waals surface area contributed by atoms with Gasteiger partial charge < -0.3 is 19.7 Å². The first-order valence-electron chi connectivity index (χ1n) is 12.9. The van der Waals surface area contributed by atoms with Gasteiger partial charge in [0.05, 0.1) is 13.7 Å². The van der Waals surface area contributed by atoms with Crippen molar-refractivity contribution in [1.29, 1.82) is 0 Å². The van der Waals surface area contributed by atoms with Gasteiger partial charge in [-0.2, -0.15) is 0 Å². The third-order valence-electron chi connectivity index (χ3n) is 6.31. The molecule has 0 heterocycles. The Bertz CT molecular complexity index is 1100. The lowest BCUT2D eigenvalue weighted by molar-refractivity contribution is -0.141. The molecular formula is C31H38N2O4. The van der Waals surface area contributed by atoms with Crippen LogP contribution in [-0.2, 0) is 22.6 Å². The number of rotatable bonds is 14. The maximum absolute atomic E-state index is 13.7. The number of benzene rings is 3. The topological polar surface area (TPSA) is 67.9 Å². The maximum atomic E-state index is 13.7. The Morgan fingerprint density at radius 2 is 1.54 bits per heavy atom. The SMILES string of the molecule is CC[C@H](C)NC(=O)[C@@H](Cc1ccccc1)N(Cc1cccc(OC)c1)C(=O)CCCOc1ccccc1. The smallest absolute Gasteiger partial charge is 0.243 e. The van der Waals surface area contributed by atoms with Gasteiger partial charge in [0.2, 0.25) is 11.8 Å². The van der Waals surface area contributed by atoms with Crippen molar-refractivity contribution >= 4 is 11.8 Å². The van der Waals surface area contributed by atoms with E-state index in [1.807, 2.05) is 98.8 Å². The summed E-state index contributed by atoms with van der Waals surface area (Å²) >= 11 is 0. The molecule has 0 spiro atoms. The van der Waals surface area contributed by atoms with Crippen LogP contribution in [0.3, 0.4) is 0 Å². The van der Waals surface area contributed by atoms with Crippen molar-refractivity contribution in [2.45, 2.75) is 58.2 Å². The summed E-state index contributed by atoms with van der Waals surface area (Å²) in [5, 5.41) is 3.10. The molecule has 0 saturated heterocycles. The van der Waals surface area contributed by atoms with Crippen LogP contribution in [0.25, 0.3) is 0 Å². The van der Waals surface area contributed by atoms with E-state index in [0.29, 0.717) is 31.7 Å². The number of hydrogen-bond acceptors (Lipinski definition) is 4. The second-order valence-corrected chi connectivity index (χ2v) is 9.16. The lowest BCUT2D eigenvalue weighted by Crippen LogP contribution is -2.52. The van der Waals surface area contributed by atoms with Crippen LogP contribution >= 0.6 is 0 Å². The first kappa shape index (κ1) is 27.8. The number of nitrogens with zero attached hydrogens (tertiary/aromatic N) is 1. The largest absolute Gasteiger partial charge is 0.497 e. The van der Waals surface area contributed by atoms with Crippen LogP contribution in [0.4, 0.5) is 0 Å². The van der Waals surface area contributed by atoms with Crippen molar-refractivity contribution in [3.8, 4) is 11.5 Å². The lowest BCUT2D eigenvalue weighted by atomic mass is 10.0. The molecule has 0 unspecified atom stereocenters. The van der Waals surface area contributed by atoms with Crippen molar-refractivity contribution in [3.63, 3.8) is 0 Å². The van der Waals surface area contributed by atoms with Crippen LogP contribution in [-0.4, -0.2) is 42.5 Å². The molecule has 0 aliphatic carbocycles. The average molecular weight is 503 g/mol. The quantitative estimate of drug-likeness (QED) is 0.299. The molecule has 0 aliphatic heterocycles. The molecular weight excluding hydrogens is 464 g/mol. The van der Waals surface area contributed by atoms with Gasteiger partial charge in [0.25, 0.3) is 0 Å². The average Bonchev–Trinajstić information content (AvgIpc) is 2.94. The van der Waals surface area contributed by atoms with E-state index in [-0.39, 0.29) is 24.3 Å². The number of carbonyl (C=O) groups is 2. The summed E-state index contributed by atoms with van der Waals surface area (Å²) in [4.78, 5) is 28.9. The summed E-state index contributed by atoms with van der Waals surface area (Å²) in [6, 6.07) is 26.4. The van der Waals surface area contributed by atoms with E-state index in [1.54, 1.807) is 12.0 Å². The lowest BCUT2D eigenvalue weighted by Gasteiger charge is -2.32. The highest BCUT2D eigenvalue weighted by Gasteiger charge is 2.30. The van der Waals surface area contributed by atoms with Gasteiger partial charge in [0.15, 0.2) is 0 Å². The molecule has 0 bridgehead atoms. The number of carbonyl (C=O) groups excluding carboxylic acids is 2. The molecule has 0 radical (unpaired) electrons. The van der Waals surface area contributed by atoms with Crippen LogP contribution in [0.1, 0.15) is 44.2 Å². The van der Waals surface area contributed by atoms with Crippen molar-refractivity contribution in [3.05, 3.63) is 96.1 Å². The fourth-order valence-electron chi connectivity index (χ4n) is 4.04. The fourth-order valence-corrected chi connectivity index (χ4v) is 4.04. The summed E-state index contributed by atoms with van der Waals surface area (Å²) in [5.74, 6) is 1.26. The van der Waals surface area contributed by atoms with Crippen LogP contribution in [0.2, 0.25) is 0 Å². The van der Waals surface area contributed by atoms with E-state index in [4.69, 9.17) is 9.47 Å². The van der Waals surface area contributed by atoms with E-state index >= 15 is 0 Å². The Morgan fingerprint density at radius 3 is 2.22 bits per heavy atom. The molecule has 3 aromatic carbocycles. The Balaban J connectivity index is 1.82. The zero-order valence-corrected chi connectivity index (χ0v) is 22.1. The van der Waals surface area contributed by atoms with Crippen LogP contribution < -0.4 is 14.8 Å². The number of nitrogens with one attached hydrogen (secondary N) is 1. The van der Waals surface area contributed by atoms with Gasteiger partial charge in [-0.05, 0) is 55.2 Å². The first-order valence-corrected chi connectivity index (χ1v) is 12.9. The third-order valence-corrected chi connectivity index (χ3v) is 6.31. The second kappa shape index (κ2) is 14.7. The van der Waals surface area contributed by atoms with Gasteiger partial charge in [0, 0.05) is 25.4 Å². The van der Waals surface area contributed by atoms with E-state index < -0.39 is 6.04 Å². The molecule has 2 amide bonds. The number of methoxy groups -OCH3 is 1. The normalized spacial score (nSPS) is 12.3. The summed E-state index contributed by atoms with van der Waals surface area (Å²) in [6.07, 6.45) is 2.07. The molecule has 6 nitrogen and oxygen atoms in total. The van der Waals surface area contributed by atoms with Gasteiger partial charge >= 0.3 is 0 Å². The molecule has 0 aliphatic rings. The fraction of sp³-hybridized carbons (Fsp3) is 0.355. The minimum atomic E-state index is -0.648. The number of hydrogen-bond donors (Lipinski definition) is 1. The molecule has 0 saturated carbocycles. The highest BCUT2D eigenvalue weighted by Crippen LogP contribution is 2.20. The zero-order valence-electron chi connectivity index (χ0n) is 22.1. The van der Waals surface area contributed by atoms with Crippen LogP contribution in [0, 0.1) is 0 Å². The summed E-state index contributed by atoms with van der Waals surface area (Å²) in [7, 11) is 1.62. The summed E-state index contributed by atoms with van der Waals surface area (Å²) < 4.78 is 11.2. The van der Waals surface area contributed by atoms with Gasteiger partial charge in [-0.3, -0.25) is 9.59 Å². The Labute approximate surface area is 220 Å². The number of amides is 2. The maximum Gasteiger partial charge on any atom is 0.243 e. The second-order valence-electron chi connectivity index (χ2n) is 9.16. The molecule has 37 heavy (non-hydrogen) atoms. The number of ether oxygens (including phenoxy) is 2. The van der Waals surface area contributed by atoms with E-state index in [2.05, 4.69) is 5.32 Å². The van der Waals surface area contributed by atoms with Gasteiger partial charge in [0.1, 0.15) is 17.5 Å². The molecule has 2 atom stereocenters. The molecule has 3 rings (SSSR count). The van der Waals surface area contributed by atoms with E-state index in [1.165, 1.54) is 0 Å². The first-order chi connectivity index (χ1) is 18.0. The summed E-state index contributed by atoms with van der Waals surface area (Å²) in [6.45, 7) is 4.74. The zero-order chi connectivity index (χ0) is 26.5. The minimum absolute atomic E-state index is 0.0128. The molecule has 1 N–H and O–H groups in total. The van der Waals surface area contributed by atoms with Gasteiger partial charge in [-0.25, -0.2) is 0 Å². The monoisotopic (exact) mass is 502 g/mol. The minimum Gasteiger partial charge on any atom is -0.497 e. The third kappa shape index (κ3) is 8.98. The van der Waals surface area contributed by atoms with E-state index in [0.717, 1.165) is 23.3 Å². The van der Waals surface area contributed by atoms with Gasteiger partial charge in [-0.15, -0.1) is 0 Å². The Kier molecular flexibility index (Phi) is 11.0. The number of para-hydroxylation sites is 1. The van der Waals surface area contributed by atoms with Crippen LogP contribution in [0.5, 0.6) is 11.5 Å². The van der Waals surface area contributed by atoms with Crippen LogP contribution in [0.15, 0.2) is 84.9 Å². The predicted molar refractivity (Wildman–Crippen MR) is 147 cm³/mol. The van der Waals surface area contributed by atoms with Crippen molar-refractivity contribution in [1.82, 2.24) is 10.2 Å². The Morgan fingerprint density at radius 1 is 0.892 bits per heavy atom. The molecule has 0 fully saturated rings. The molecule has 0 aromatic heterocycles. The van der Waals surface area contributed by atoms with Gasteiger partial charge in [-0.1, -0.05) is 67.6 Å². The molecule has 6 heteroatoms. The van der Waals surface area contributed by atoms with Crippen molar-refractivity contribution < 1.29 is 19.1 Å². The van der Waals surface area contributed by atoms with Crippen molar-refractivity contribution in [2.24, 2.45) is 0 Å². The van der Waals surface area contributed by atoms with E-state index in [9.17, 15) is 9.59 Å². The highest BCUT2D eigenvalue weighted by atomic mass is 16.5. The standard InChI is InChI=1S/C31H38N2O4/c1-4-24(2)32-31(35)29(22-25-13-7-5-8-14-25)33(23-26-15-11-18-28(21-26)36-3)30(34)19-12-20-37-27-16-9-6-10-17-27/h5-11,13-18,21,24,29H,4,12,19-20,22-23H2,1-3H3,(H,32,35)/t24-,29+/m0/s1. The highest BCUT2D eigenvalue weighted by molar-refractivity contribution is 5.88. The predicted octanol–water partition coefficient (Wildman–Crippen LogP) is 5.41. The molecule has 196 valence electrons. The molecule has 3 aromatic rings.